The number of hydrogen-bond donors (Lipinski definition) is 2. The zero-order valence-corrected chi connectivity index (χ0v) is 16.1. The van der Waals surface area contributed by atoms with Crippen molar-refractivity contribution in [1.82, 2.24) is 25.6 Å². The number of nitrogens with zero attached hydrogens (tertiary/aromatic N) is 3. The van der Waals surface area contributed by atoms with E-state index in [2.05, 4.69) is 25.6 Å². The maximum atomic E-state index is 12.6. The minimum Gasteiger partial charge on any atom is -0.316 e. The molecule has 0 aliphatic rings. The predicted molar refractivity (Wildman–Crippen MR) is 110 cm³/mol. The average Bonchev–Trinajstić information content (AvgIpc) is 2.73. The summed E-state index contributed by atoms with van der Waals surface area (Å²) in [5, 5.41) is 5.69. The van der Waals surface area contributed by atoms with Crippen LogP contribution in [0.25, 0.3) is 0 Å². The van der Waals surface area contributed by atoms with E-state index >= 15 is 0 Å². The van der Waals surface area contributed by atoms with Crippen LogP contribution in [0.2, 0.25) is 0 Å². The lowest BCUT2D eigenvalue weighted by atomic mass is 10.3. The molecule has 3 aromatic heterocycles. The molecule has 0 radical (unpaired) electrons. The Kier molecular flexibility index (Phi) is 14.1. The highest BCUT2D eigenvalue weighted by Crippen LogP contribution is 2.01. The fourth-order valence-corrected chi connectivity index (χ4v) is 1.97. The monoisotopic (exact) mass is 421 g/mol. The second kappa shape index (κ2) is 15.7. The maximum absolute atomic E-state index is 12.6. The average molecular weight is 421 g/mol. The van der Waals surface area contributed by atoms with Gasteiger partial charge >= 0.3 is 0 Å². The number of aromatic nitrogens is 3. The summed E-state index contributed by atoms with van der Waals surface area (Å²) in [6, 6.07) is 9.73. The summed E-state index contributed by atoms with van der Waals surface area (Å²) in [6.45, 7) is 1.05. The lowest BCUT2D eigenvalue weighted by molar-refractivity contribution is 0.111. The van der Waals surface area contributed by atoms with E-state index < -0.39 is 17.8 Å². The summed E-state index contributed by atoms with van der Waals surface area (Å²) in [4.78, 5) is 20.2. The summed E-state index contributed by atoms with van der Waals surface area (Å²) in [7, 11) is 3.54. The number of nitrogens with one attached hydrogen (secondary N) is 2. The molecule has 3 aromatic rings. The Morgan fingerprint density at radius 1 is 0.767 bits per heavy atom. The van der Waals surface area contributed by atoms with Gasteiger partial charge in [0.1, 0.15) is 0 Å². The van der Waals surface area contributed by atoms with Gasteiger partial charge < -0.3 is 10.6 Å². The second-order valence-corrected chi connectivity index (χ2v) is 5.47. The Labute approximate surface area is 174 Å². The predicted octanol–water partition coefficient (Wildman–Crippen LogP) is 3.55. The second-order valence-electron chi connectivity index (χ2n) is 5.47. The summed E-state index contributed by atoms with van der Waals surface area (Å²) in [6.07, 6.45) is 4.60. The quantitative estimate of drug-likeness (QED) is 0.485. The topological polar surface area (TPSA) is 79.8 Å². The van der Waals surface area contributed by atoms with Gasteiger partial charge in [-0.1, -0.05) is 19.6 Å². The number of carbonyl (C=O) groups excluding carboxylic acids is 1. The van der Waals surface area contributed by atoms with Crippen LogP contribution in [-0.4, -0.2) is 35.3 Å². The lowest BCUT2D eigenvalue weighted by Gasteiger charge is -1.98. The molecule has 0 saturated carbocycles. The summed E-state index contributed by atoms with van der Waals surface area (Å²) >= 11 is 0. The zero-order valence-electron chi connectivity index (χ0n) is 16.1. The maximum Gasteiger partial charge on any atom is 0.223 e. The highest BCUT2D eigenvalue weighted by atomic mass is 19.1. The molecule has 3 rings (SSSR count). The molecule has 0 aliphatic carbocycles. The van der Waals surface area contributed by atoms with E-state index in [-0.39, 0.29) is 13.0 Å². The van der Waals surface area contributed by atoms with E-state index in [0.717, 1.165) is 0 Å². The van der Waals surface area contributed by atoms with Gasteiger partial charge in [-0.15, -0.1) is 0 Å². The van der Waals surface area contributed by atoms with Crippen LogP contribution in [-0.2, 0) is 13.1 Å². The summed E-state index contributed by atoms with van der Waals surface area (Å²) < 4.78 is 37.5. The first-order valence-corrected chi connectivity index (χ1v) is 8.57. The van der Waals surface area contributed by atoms with Crippen LogP contribution in [0.3, 0.4) is 0 Å². The van der Waals surface area contributed by atoms with Gasteiger partial charge in [0.15, 0.2) is 6.29 Å². The van der Waals surface area contributed by atoms with Crippen LogP contribution >= 0.6 is 0 Å². The molecule has 0 amide bonds. The Morgan fingerprint density at radius 2 is 1.17 bits per heavy atom. The van der Waals surface area contributed by atoms with E-state index in [1.165, 1.54) is 30.7 Å². The molecule has 0 bridgehead atoms. The molecule has 2 N–H and O–H groups in total. The Bertz CT molecular complexity index is 833. The Morgan fingerprint density at radius 3 is 1.47 bits per heavy atom. The van der Waals surface area contributed by atoms with Crippen molar-refractivity contribution < 1.29 is 18.0 Å². The molecule has 3 heterocycles. The molecule has 30 heavy (non-hydrogen) atoms. The smallest absolute Gasteiger partial charge is 0.223 e. The van der Waals surface area contributed by atoms with Gasteiger partial charge in [-0.25, -0.2) is 15.0 Å². The molecule has 0 atom stereocenters. The molecule has 0 aromatic carbocycles. The van der Waals surface area contributed by atoms with E-state index in [9.17, 15) is 18.0 Å². The number of halogens is 3. The molecule has 6 nitrogen and oxygen atoms in total. The van der Waals surface area contributed by atoms with Crippen LogP contribution in [0.1, 0.15) is 28.9 Å². The fourth-order valence-electron chi connectivity index (χ4n) is 1.97. The highest BCUT2D eigenvalue weighted by Gasteiger charge is 1.99. The third-order valence-corrected chi connectivity index (χ3v) is 3.32. The van der Waals surface area contributed by atoms with Crippen molar-refractivity contribution in [1.29, 1.82) is 0 Å². The third kappa shape index (κ3) is 9.85. The van der Waals surface area contributed by atoms with E-state index in [4.69, 9.17) is 0 Å². The number of pyridine rings is 3. The lowest BCUT2D eigenvalue weighted by Crippen LogP contribution is -2.07. The zero-order chi connectivity index (χ0) is 21.5. The van der Waals surface area contributed by atoms with Crippen molar-refractivity contribution in [2.24, 2.45) is 0 Å². The molecular formula is C21H26F3N5O. The van der Waals surface area contributed by atoms with Gasteiger partial charge in [-0.05, 0) is 38.4 Å². The van der Waals surface area contributed by atoms with E-state index in [1.54, 1.807) is 38.4 Å². The Hall–Kier alpha value is -3.17. The van der Waals surface area contributed by atoms with Gasteiger partial charge in [0.2, 0.25) is 17.8 Å². The van der Waals surface area contributed by atoms with Crippen molar-refractivity contribution in [3.05, 3.63) is 89.5 Å². The van der Waals surface area contributed by atoms with Crippen molar-refractivity contribution >= 4 is 6.29 Å². The van der Waals surface area contributed by atoms with Crippen LogP contribution in [0.4, 0.5) is 13.2 Å². The van der Waals surface area contributed by atoms with Crippen LogP contribution in [0, 0.1) is 17.8 Å². The minimum atomic E-state index is -0.715. The minimum absolute atomic E-state index is 0. The van der Waals surface area contributed by atoms with Crippen molar-refractivity contribution in [3.8, 4) is 0 Å². The summed E-state index contributed by atoms with van der Waals surface area (Å²) in [5.41, 5.74) is 1.20. The summed E-state index contributed by atoms with van der Waals surface area (Å²) in [5.74, 6) is -1.50. The van der Waals surface area contributed by atoms with Gasteiger partial charge in [0.25, 0.3) is 0 Å². The fraction of sp³-hybridized carbons (Fsp3) is 0.238. The molecule has 0 fully saturated rings. The first-order chi connectivity index (χ1) is 14.0. The molecule has 0 aliphatic heterocycles. The molecule has 9 heteroatoms. The van der Waals surface area contributed by atoms with E-state index in [1.807, 2.05) is 0 Å². The van der Waals surface area contributed by atoms with Crippen molar-refractivity contribution in [2.75, 3.05) is 14.1 Å². The van der Waals surface area contributed by atoms with Crippen molar-refractivity contribution in [2.45, 2.75) is 20.5 Å². The highest BCUT2D eigenvalue weighted by molar-refractivity contribution is 5.74. The van der Waals surface area contributed by atoms with Gasteiger partial charge in [0, 0.05) is 42.8 Å². The van der Waals surface area contributed by atoms with E-state index in [0.29, 0.717) is 30.5 Å². The third-order valence-electron chi connectivity index (χ3n) is 3.32. The van der Waals surface area contributed by atoms with Gasteiger partial charge in [-0.3, -0.25) is 4.79 Å². The van der Waals surface area contributed by atoms with Crippen LogP contribution < -0.4 is 10.6 Å². The first kappa shape index (κ1) is 26.8. The molecule has 0 unspecified atom stereocenters. The SMILES string of the molecule is C.CNCc1cccnc1F.CNCc1cccnc1F.O=Cc1cccnc1F. The molecule has 0 spiro atoms. The molecule has 162 valence electrons. The number of hydrogen-bond acceptors (Lipinski definition) is 6. The number of aldehydes is 1. The first-order valence-electron chi connectivity index (χ1n) is 8.57. The molecular weight excluding hydrogens is 395 g/mol. The largest absolute Gasteiger partial charge is 0.316 e. The molecule has 0 saturated heterocycles. The standard InChI is InChI=1S/2C7H9FN2.C6H4FNO.CH4/c2*1-9-5-6-3-2-4-10-7(6)8;7-6-5(4-9)2-1-3-8-6;/h2*2-4,9H,5H2,1H3;1-4H;1H4. The van der Waals surface area contributed by atoms with Crippen LogP contribution in [0.15, 0.2) is 55.0 Å². The number of carbonyl (C=O) groups is 1. The normalized spacial score (nSPS) is 9.23. The Balaban J connectivity index is 0.000000414. The van der Waals surface area contributed by atoms with Gasteiger partial charge in [-0.2, -0.15) is 13.2 Å². The van der Waals surface area contributed by atoms with Crippen LogP contribution in [0.5, 0.6) is 0 Å². The van der Waals surface area contributed by atoms with Gasteiger partial charge in [0.05, 0.1) is 5.56 Å². The number of rotatable bonds is 5. The van der Waals surface area contributed by atoms with Crippen molar-refractivity contribution in [3.63, 3.8) is 0 Å².